The Labute approximate surface area is 365 Å². The molecule has 0 unspecified atom stereocenters. The van der Waals surface area contributed by atoms with Gasteiger partial charge >= 0.3 is 17.9 Å². The Hall–Kier alpha value is -2.37. The number of hydrogen-bond acceptors (Lipinski definition) is 6. The predicted molar refractivity (Wildman–Crippen MR) is 252 cm³/mol. The molecule has 0 aliphatic heterocycles. The Balaban J connectivity index is 4.39. The van der Waals surface area contributed by atoms with Crippen LogP contribution in [-0.4, -0.2) is 37.2 Å². The van der Waals surface area contributed by atoms with Crippen LogP contribution in [0.5, 0.6) is 0 Å². The van der Waals surface area contributed by atoms with Gasteiger partial charge in [-0.05, 0) is 96.3 Å². The van der Waals surface area contributed by atoms with Gasteiger partial charge in [0.15, 0.2) is 6.10 Å². The highest BCUT2D eigenvalue weighted by Gasteiger charge is 2.19. The van der Waals surface area contributed by atoms with Crippen molar-refractivity contribution < 1.29 is 28.6 Å². The van der Waals surface area contributed by atoms with E-state index in [0.717, 1.165) is 83.5 Å². The summed E-state index contributed by atoms with van der Waals surface area (Å²) in [4.78, 5) is 37.9. The first-order valence-electron chi connectivity index (χ1n) is 25.5. The highest BCUT2D eigenvalue weighted by Crippen LogP contribution is 2.14. The highest BCUT2D eigenvalue weighted by atomic mass is 16.6. The van der Waals surface area contributed by atoms with Gasteiger partial charge < -0.3 is 14.2 Å². The largest absolute Gasteiger partial charge is 0.462 e. The summed E-state index contributed by atoms with van der Waals surface area (Å²) < 4.78 is 16.8. The maximum Gasteiger partial charge on any atom is 0.306 e. The quantitative estimate of drug-likeness (QED) is 0.0263. The molecule has 0 amide bonds. The van der Waals surface area contributed by atoms with E-state index in [2.05, 4.69) is 57.2 Å². The Morgan fingerprint density at radius 2 is 0.559 bits per heavy atom. The number of carbonyl (C=O) groups is 3. The molecule has 0 bridgehead atoms. The van der Waals surface area contributed by atoms with Gasteiger partial charge in [0.1, 0.15) is 13.2 Å². The van der Waals surface area contributed by atoms with Crippen molar-refractivity contribution in [3.63, 3.8) is 0 Å². The van der Waals surface area contributed by atoms with E-state index in [4.69, 9.17) is 14.2 Å². The van der Waals surface area contributed by atoms with Crippen LogP contribution in [0.4, 0.5) is 0 Å². The van der Waals surface area contributed by atoms with Crippen LogP contribution in [0.3, 0.4) is 0 Å². The van der Waals surface area contributed by atoms with E-state index in [1.165, 1.54) is 141 Å². The van der Waals surface area contributed by atoms with Gasteiger partial charge in [0, 0.05) is 19.3 Å². The van der Waals surface area contributed by atoms with Gasteiger partial charge in [-0.25, -0.2) is 0 Å². The lowest BCUT2D eigenvalue weighted by Crippen LogP contribution is -2.30. The molecular formula is C53H96O6. The molecule has 0 aliphatic carbocycles. The second-order valence-corrected chi connectivity index (χ2v) is 17.1. The van der Waals surface area contributed by atoms with Crippen LogP contribution >= 0.6 is 0 Å². The molecule has 0 aromatic heterocycles. The van der Waals surface area contributed by atoms with E-state index < -0.39 is 6.10 Å². The van der Waals surface area contributed by atoms with Gasteiger partial charge in [0.25, 0.3) is 0 Å². The molecule has 0 aromatic carbocycles. The molecule has 0 fully saturated rings. The van der Waals surface area contributed by atoms with E-state index in [0.29, 0.717) is 19.3 Å². The molecule has 0 radical (unpaired) electrons. The zero-order valence-electron chi connectivity index (χ0n) is 39.3. The molecular weight excluding hydrogens is 733 g/mol. The number of rotatable bonds is 46. The van der Waals surface area contributed by atoms with E-state index in [1.54, 1.807) is 0 Å². The lowest BCUT2D eigenvalue weighted by Gasteiger charge is -2.18. The number of unbranched alkanes of at least 4 members (excludes halogenated alkanes) is 29. The van der Waals surface area contributed by atoms with Crippen molar-refractivity contribution in [3.8, 4) is 0 Å². The summed E-state index contributed by atoms with van der Waals surface area (Å²) in [6, 6.07) is 0. The average Bonchev–Trinajstić information content (AvgIpc) is 3.23. The normalized spacial score (nSPS) is 12.3. The summed E-state index contributed by atoms with van der Waals surface area (Å²) in [6.45, 7) is 6.59. The van der Waals surface area contributed by atoms with E-state index in [9.17, 15) is 14.4 Å². The summed E-state index contributed by atoms with van der Waals surface area (Å²) in [5.41, 5.74) is 0. The van der Waals surface area contributed by atoms with Crippen molar-refractivity contribution in [1.82, 2.24) is 0 Å². The van der Waals surface area contributed by atoms with Crippen molar-refractivity contribution in [1.29, 1.82) is 0 Å². The lowest BCUT2D eigenvalue weighted by atomic mass is 10.1. The lowest BCUT2D eigenvalue weighted by molar-refractivity contribution is -0.167. The molecule has 0 spiro atoms. The third-order valence-corrected chi connectivity index (χ3v) is 11.1. The fourth-order valence-electron chi connectivity index (χ4n) is 7.19. The van der Waals surface area contributed by atoms with Crippen molar-refractivity contribution in [2.75, 3.05) is 13.2 Å². The van der Waals surface area contributed by atoms with E-state index in [-0.39, 0.29) is 31.1 Å². The van der Waals surface area contributed by atoms with Gasteiger partial charge in [-0.3, -0.25) is 14.4 Å². The topological polar surface area (TPSA) is 78.9 Å². The minimum Gasteiger partial charge on any atom is -0.462 e. The SMILES string of the molecule is CCCCCC/C=C\CCCCCCCC(=O)OC[C@H](COC(=O)CCCCCCC/C=C\CCCCCCCC)OC(=O)CCCCCCC/C=C\CCCCCC. The van der Waals surface area contributed by atoms with E-state index in [1.807, 2.05) is 0 Å². The Morgan fingerprint density at radius 1 is 0.322 bits per heavy atom. The molecule has 1 atom stereocenters. The van der Waals surface area contributed by atoms with Crippen LogP contribution in [0, 0.1) is 0 Å². The first kappa shape index (κ1) is 56.6. The fraction of sp³-hybridized carbons (Fsp3) is 0.830. The second-order valence-electron chi connectivity index (χ2n) is 17.1. The molecule has 0 aliphatic rings. The van der Waals surface area contributed by atoms with Crippen LogP contribution in [0.1, 0.15) is 265 Å². The van der Waals surface area contributed by atoms with E-state index >= 15 is 0 Å². The summed E-state index contributed by atoms with van der Waals surface area (Å²) >= 11 is 0. The third-order valence-electron chi connectivity index (χ3n) is 11.1. The van der Waals surface area contributed by atoms with Crippen LogP contribution in [0.25, 0.3) is 0 Å². The first-order valence-corrected chi connectivity index (χ1v) is 25.5. The standard InChI is InChI=1S/C53H96O6/c1-4-7-10-13-16-19-22-25-26-29-31-34-37-40-43-46-52(55)58-49-50(59-53(56)47-44-41-38-35-32-28-24-21-18-15-12-9-6-3)48-57-51(54)45-42-39-36-33-30-27-23-20-17-14-11-8-5-2/h20-21,23-26,50H,4-19,22,27-49H2,1-3H3/b23-20-,24-21-,26-25-/t50-/m1/s1. The van der Waals surface area contributed by atoms with Crippen LogP contribution in [0.2, 0.25) is 0 Å². The van der Waals surface area contributed by atoms with Crippen molar-refractivity contribution in [2.45, 2.75) is 271 Å². The minimum absolute atomic E-state index is 0.0811. The maximum atomic E-state index is 12.8. The molecule has 0 saturated carbocycles. The van der Waals surface area contributed by atoms with Gasteiger partial charge in [-0.15, -0.1) is 0 Å². The highest BCUT2D eigenvalue weighted by molar-refractivity contribution is 5.71. The van der Waals surface area contributed by atoms with Gasteiger partial charge in [-0.1, -0.05) is 186 Å². The summed E-state index contributed by atoms with van der Waals surface area (Å²) in [5.74, 6) is -0.900. The zero-order valence-corrected chi connectivity index (χ0v) is 39.3. The fourth-order valence-corrected chi connectivity index (χ4v) is 7.19. The molecule has 6 heteroatoms. The van der Waals surface area contributed by atoms with Gasteiger partial charge in [0.05, 0.1) is 0 Å². The van der Waals surface area contributed by atoms with Crippen molar-refractivity contribution >= 4 is 17.9 Å². The third kappa shape index (κ3) is 46.5. The number of hydrogen-bond donors (Lipinski definition) is 0. The molecule has 0 aromatic rings. The summed E-state index contributed by atoms with van der Waals surface area (Å²) in [7, 11) is 0. The summed E-state index contributed by atoms with van der Waals surface area (Å²) in [6.07, 6.45) is 55.5. The average molecular weight is 829 g/mol. The molecule has 0 saturated heterocycles. The first-order chi connectivity index (χ1) is 29.0. The number of allylic oxidation sites excluding steroid dienone is 6. The monoisotopic (exact) mass is 829 g/mol. The predicted octanol–water partition coefficient (Wildman–Crippen LogP) is 16.5. The summed E-state index contributed by atoms with van der Waals surface area (Å²) in [5, 5.41) is 0. The number of carbonyl (C=O) groups excluding carboxylic acids is 3. The molecule has 6 nitrogen and oxygen atoms in total. The molecule has 0 N–H and O–H groups in total. The Morgan fingerprint density at radius 3 is 0.864 bits per heavy atom. The molecule has 344 valence electrons. The van der Waals surface area contributed by atoms with Crippen LogP contribution < -0.4 is 0 Å². The van der Waals surface area contributed by atoms with Gasteiger partial charge in [0.2, 0.25) is 0 Å². The van der Waals surface area contributed by atoms with Gasteiger partial charge in [-0.2, -0.15) is 0 Å². The van der Waals surface area contributed by atoms with Crippen molar-refractivity contribution in [2.24, 2.45) is 0 Å². The van der Waals surface area contributed by atoms with Crippen LogP contribution in [-0.2, 0) is 28.6 Å². The maximum absolute atomic E-state index is 12.8. The van der Waals surface area contributed by atoms with Crippen molar-refractivity contribution in [3.05, 3.63) is 36.5 Å². The molecule has 0 heterocycles. The molecule has 0 rings (SSSR count). The Kier molecular flexibility index (Phi) is 46.4. The zero-order chi connectivity index (χ0) is 43.0. The molecule has 59 heavy (non-hydrogen) atoms. The minimum atomic E-state index is -0.780. The number of ether oxygens (including phenoxy) is 3. The second kappa shape index (κ2) is 48.3. The smallest absolute Gasteiger partial charge is 0.306 e. The van der Waals surface area contributed by atoms with Crippen LogP contribution in [0.15, 0.2) is 36.5 Å². The Bertz CT molecular complexity index is 1000. The number of esters is 3.